The summed E-state index contributed by atoms with van der Waals surface area (Å²) >= 11 is 1.66. The monoisotopic (exact) mass is 284 g/mol. The molecule has 3 aromatic rings. The van der Waals surface area contributed by atoms with E-state index in [1.807, 2.05) is 35.8 Å². The molecule has 0 bridgehead atoms. The van der Waals surface area contributed by atoms with E-state index in [1.165, 1.54) is 15.8 Å². The summed E-state index contributed by atoms with van der Waals surface area (Å²) in [5.74, 6) is 0.101. The van der Waals surface area contributed by atoms with E-state index in [-0.39, 0.29) is 5.91 Å². The molecule has 3 nitrogen and oxygen atoms in total. The molecule has 0 aliphatic rings. The molecule has 4 heteroatoms. The SMILES string of the molecule is O=C(CCc1c[nH]c2ccccc12)NCc1cccs1. The van der Waals surface area contributed by atoms with E-state index in [9.17, 15) is 4.79 Å². The first-order valence-corrected chi connectivity index (χ1v) is 7.55. The second-order valence-corrected chi connectivity index (χ2v) is 5.75. The van der Waals surface area contributed by atoms with Gasteiger partial charge in [0.05, 0.1) is 6.54 Å². The van der Waals surface area contributed by atoms with Crippen molar-refractivity contribution in [2.75, 3.05) is 0 Å². The van der Waals surface area contributed by atoms with Gasteiger partial charge in [-0.05, 0) is 29.5 Å². The molecule has 1 amide bonds. The van der Waals surface area contributed by atoms with E-state index in [0.29, 0.717) is 13.0 Å². The third-order valence-electron chi connectivity index (χ3n) is 3.34. The molecule has 0 saturated carbocycles. The van der Waals surface area contributed by atoms with E-state index < -0.39 is 0 Å². The first-order valence-electron chi connectivity index (χ1n) is 6.67. The topological polar surface area (TPSA) is 44.9 Å². The number of amides is 1. The molecular weight excluding hydrogens is 268 g/mol. The zero-order valence-electron chi connectivity index (χ0n) is 11.1. The summed E-state index contributed by atoms with van der Waals surface area (Å²) in [6.45, 7) is 0.629. The third kappa shape index (κ3) is 2.91. The molecule has 0 saturated heterocycles. The Labute approximate surface area is 121 Å². The van der Waals surface area contributed by atoms with Crippen LogP contribution >= 0.6 is 11.3 Å². The molecule has 3 rings (SSSR count). The highest BCUT2D eigenvalue weighted by atomic mass is 32.1. The summed E-state index contributed by atoms with van der Waals surface area (Å²) < 4.78 is 0. The van der Waals surface area contributed by atoms with Gasteiger partial charge in [0.25, 0.3) is 0 Å². The maximum Gasteiger partial charge on any atom is 0.220 e. The van der Waals surface area contributed by atoms with Crippen LogP contribution in [0.4, 0.5) is 0 Å². The average molecular weight is 284 g/mol. The lowest BCUT2D eigenvalue weighted by molar-refractivity contribution is -0.121. The molecule has 0 spiro atoms. The van der Waals surface area contributed by atoms with Crippen LogP contribution in [-0.4, -0.2) is 10.9 Å². The maximum absolute atomic E-state index is 11.9. The van der Waals surface area contributed by atoms with Crippen molar-refractivity contribution in [1.82, 2.24) is 10.3 Å². The number of carbonyl (C=O) groups excluding carboxylic acids is 1. The second kappa shape index (κ2) is 5.92. The quantitative estimate of drug-likeness (QED) is 0.740. The highest BCUT2D eigenvalue weighted by Crippen LogP contribution is 2.18. The first-order chi connectivity index (χ1) is 9.83. The van der Waals surface area contributed by atoms with Gasteiger partial charge in [-0.2, -0.15) is 0 Å². The van der Waals surface area contributed by atoms with Crippen molar-refractivity contribution in [3.05, 3.63) is 58.4 Å². The van der Waals surface area contributed by atoms with E-state index >= 15 is 0 Å². The van der Waals surface area contributed by atoms with Crippen LogP contribution in [0.2, 0.25) is 0 Å². The lowest BCUT2D eigenvalue weighted by Crippen LogP contribution is -2.22. The maximum atomic E-state index is 11.9. The van der Waals surface area contributed by atoms with Gasteiger partial charge in [0.15, 0.2) is 0 Å². The number of aryl methyl sites for hydroxylation is 1. The van der Waals surface area contributed by atoms with Gasteiger partial charge in [0.2, 0.25) is 5.91 Å². The van der Waals surface area contributed by atoms with Gasteiger partial charge in [-0.15, -0.1) is 11.3 Å². The number of nitrogens with one attached hydrogen (secondary N) is 2. The number of aromatic nitrogens is 1. The Morgan fingerprint density at radius 1 is 1.20 bits per heavy atom. The molecular formula is C16H16N2OS. The van der Waals surface area contributed by atoms with Gasteiger partial charge in [-0.3, -0.25) is 4.79 Å². The standard InChI is InChI=1S/C16H16N2OS/c19-16(18-11-13-4-3-9-20-13)8-7-12-10-17-15-6-2-1-5-14(12)15/h1-6,9-10,17H,7-8,11H2,(H,18,19). The van der Waals surface area contributed by atoms with Crippen molar-refractivity contribution in [2.24, 2.45) is 0 Å². The average Bonchev–Trinajstić information content (AvgIpc) is 3.12. The number of carbonyl (C=O) groups is 1. The van der Waals surface area contributed by atoms with Gasteiger partial charge in [-0.1, -0.05) is 24.3 Å². The number of thiophene rings is 1. The highest BCUT2D eigenvalue weighted by Gasteiger charge is 2.06. The van der Waals surface area contributed by atoms with Gasteiger partial charge in [0, 0.05) is 28.4 Å². The lowest BCUT2D eigenvalue weighted by Gasteiger charge is -2.03. The number of rotatable bonds is 5. The molecule has 20 heavy (non-hydrogen) atoms. The van der Waals surface area contributed by atoms with Crippen molar-refractivity contribution in [3.63, 3.8) is 0 Å². The number of hydrogen-bond donors (Lipinski definition) is 2. The number of para-hydroxylation sites is 1. The Hall–Kier alpha value is -2.07. The van der Waals surface area contributed by atoms with E-state index in [0.717, 1.165) is 11.9 Å². The minimum atomic E-state index is 0.101. The Kier molecular flexibility index (Phi) is 3.83. The number of fused-ring (bicyclic) bond motifs is 1. The van der Waals surface area contributed by atoms with Crippen LogP contribution in [0, 0.1) is 0 Å². The molecule has 102 valence electrons. The summed E-state index contributed by atoms with van der Waals surface area (Å²) in [4.78, 5) is 16.3. The van der Waals surface area contributed by atoms with Crippen molar-refractivity contribution >= 4 is 28.1 Å². The fraction of sp³-hybridized carbons (Fsp3) is 0.188. The smallest absolute Gasteiger partial charge is 0.220 e. The first kappa shape index (κ1) is 12.9. The molecule has 0 fully saturated rings. The summed E-state index contributed by atoms with van der Waals surface area (Å²) in [7, 11) is 0. The van der Waals surface area contributed by atoms with Crippen LogP contribution in [0.25, 0.3) is 10.9 Å². The van der Waals surface area contributed by atoms with Crippen molar-refractivity contribution in [1.29, 1.82) is 0 Å². The molecule has 0 unspecified atom stereocenters. The Morgan fingerprint density at radius 2 is 2.10 bits per heavy atom. The second-order valence-electron chi connectivity index (χ2n) is 4.72. The summed E-state index contributed by atoms with van der Waals surface area (Å²) in [5.41, 5.74) is 2.33. The molecule has 0 aliphatic heterocycles. The summed E-state index contributed by atoms with van der Waals surface area (Å²) in [6.07, 6.45) is 3.28. The predicted octanol–water partition coefficient (Wildman–Crippen LogP) is 3.48. The largest absolute Gasteiger partial charge is 0.361 e. The minimum absolute atomic E-state index is 0.101. The molecule has 2 heterocycles. The molecule has 0 radical (unpaired) electrons. The van der Waals surface area contributed by atoms with E-state index in [1.54, 1.807) is 11.3 Å². The highest BCUT2D eigenvalue weighted by molar-refractivity contribution is 7.09. The Balaban J connectivity index is 1.55. The molecule has 0 atom stereocenters. The summed E-state index contributed by atoms with van der Waals surface area (Å²) in [5, 5.41) is 6.19. The Bertz CT molecular complexity index is 700. The fourth-order valence-electron chi connectivity index (χ4n) is 2.27. The lowest BCUT2D eigenvalue weighted by atomic mass is 10.1. The van der Waals surface area contributed by atoms with Crippen molar-refractivity contribution in [3.8, 4) is 0 Å². The summed E-state index contributed by atoms with van der Waals surface area (Å²) in [6, 6.07) is 12.2. The normalized spacial score (nSPS) is 10.8. The number of benzene rings is 1. The van der Waals surface area contributed by atoms with Crippen LogP contribution in [-0.2, 0) is 17.8 Å². The predicted molar refractivity (Wildman–Crippen MR) is 82.8 cm³/mol. The molecule has 1 aromatic carbocycles. The fourth-order valence-corrected chi connectivity index (χ4v) is 2.92. The van der Waals surface area contributed by atoms with Gasteiger partial charge in [-0.25, -0.2) is 0 Å². The van der Waals surface area contributed by atoms with E-state index in [2.05, 4.69) is 22.4 Å². The van der Waals surface area contributed by atoms with Gasteiger partial charge in [0.1, 0.15) is 0 Å². The Morgan fingerprint density at radius 3 is 2.95 bits per heavy atom. The van der Waals surface area contributed by atoms with Crippen LogP contribution in [0.1, 0.15) is 16.9 Å². The van der Waals surface area contributed by atoms with Gasteiger partial charge >= 0.3 is 0 Å². The minimum Gasteiger partial charge on any atom is -0.361 e. The van der Waals surface area contributed by atoms with Crippen molar-refractivity contribution < 1.29 is 4.79 Å². The van der Waals surface area contributed by atoms with Crippen LogP contribution in [0.5, 0.6) is 0 Å². The molecule has 2 aromatic heterocycles. The number of hydrogen-bond acceptors (Lipinski definition) is 2. The molecule has 2 N–H and O–H groups in total. The molecule has 0 aliphatic carbocycles. The van der Waals surface area contributed by atoms with Gasteiger partial charge < -0.3 is 10.3 Å². The number of aromatic amines is 1. The third-order valence-corrected chi connectivity index (χ3v) is 4.21. The van der Waals surface area contributed by atoms with Crippen LogP contribution in [0.15, 0.2) is 48.0 Å². The van der Waals surface area contributed by atoms with Crippen LogP contribution in [0.3, 0.4) is 0 Å². The van der Waals surface area contributed by atoms with Crippen molar-refractivity contribution in [2.45, 2.75) is 19.4 Å². The zero-order chi connectivity index (χ0) is 13.8. The number of H-pyrrole nitrogens is 1. The zero-order valence-corrected chi connectivity index (χ0v) is 11.9. The van der Waals surface area contributed by atoms with Crippen LogP contribution < -0.4 is 5.32 Å². The van der Waals surface area contributed by atoms with E-state index in [4.69, 9.17) is 0 Å².